The first kappa shape index (κ1) is 11.5. The molecule has 0 N–H and O–H groups in total. The van der Waals surface area contributed by atoms with E-state index in [2.05, 4.69) is 0 Å². The number of Topliss-reactive ketones (excluding diaryl/α,β-unsaturated/α-hetero) is 1. The van der Waals surface area contributed by atoms with E-state index in [1.165, 1.54) is 0 Å². The van der Waals surface area contributed by atoms with Crippen LogP contribution in [0, 0.1) is 0 Å². The zero-order valence-corrected chi connectivity index (χ0v) is 10.1. The second-order valence-electron chi connectivity index (χ2n) is 4.16. The Bertz CT molecular complexity index is 401. The number of methoxy groups -OCH3 is 1. The van der Waals surface area contributed by atoms with Crippen molar-refractivity contribution in [1.29, 1.82) is 0 Å². The molecule has 1 aromatic rings. The summed E-state index contributed by atoms with van der Waals surface area (Å²) < 4.78 is 5.10. The summed E-state index contributed by atoms with van der Waals surface area (Å²) >= 11 is 6.06. The third kappa shape index (κ3) is 2.22. The molecule has 1 aliphatic carbocycles. The smallest absolute Gasteiger partial charge is 0.140 e. The van der Waals surface area contributed by atoms with Gasteiger partial charge in [-0.1, -0.05) is 24.1 Å². The molecule has 0 amide bonds. The normalized spacial score (nSPS) is 20.9. The van der Waals surface area contributed by atoms with Crippen LogP contribution in [0.4, 0.5) is 0 Å². The fourth-order valence-electron chi connectivity index (χ4n) is 2.23. The zero-order valence-electron chi connectivity index (χ0n) is 9.33. The number of halogens is 1. The van der Waals surface area contributed by atoms with Crippen molar-refractivity contribution in [3.05, 3.63) is 28.8 Å². The van der Waals surface area contributed by atoms with E-state index in [1.807, 2.05) is 18.2 Å². The molecule has 1 aliphatic rings. The summed E-state index contributed by atoms with van der Waals surface area (Å²) in [7, 11) is 1.59. The largest absolute Gasteiger partial charge is 0.495 e. The van der Waals surface area contributed by atoms with Gasteiger partial charge < -0.3 is 4.74 Å². The van der Waals surface area contributed by atoms with Crippen molar-refractivity contribution >= 4 is 17.4 Å². The number of hydrogen-bond acceptors (Lipinski definition) is 2. The Labute approximate surface area is 101 Å². The van der Waals surface area contributed by atoms with E-state index in [0.717, 1.165) is 24.8 Å². The molecule has 16 heavy (non-hydrogen) atoms. The van der Waals surface area contributed by atoms with E-state index >= 15 is 0 Å². The van der Waals surface area contributed by atoms with Gasteiger partial charge in [-0.2, -0.15) is 0 Å². The molecule has 1 aromatic carbocycles. The number of carbonyl (C=O) groups is 1. The summed E-state index contributed by atoms with van der Waals surface area (Å²) in [6, 6.07) is 5.63. The first-order valence-electron chi connectivity index (χ1n) is 5.58. The maximum absolute atomic E-state index is 11.8. The second kappa shape index (κ2) is 4.88. The third-order valence-corrected chi connectivity index (χ3v) is 3.43. The Balaban J connectivity index is 2.26. The Morgan fingerprint density at radius 3 is 2.81 bits per heavy atom. The summed E-state index contributed by atoms with van der Waals surface area (Å²) in [4.78, 5) is 11.8. The Kier molecular flexibility index (Phi) is 3.49. The van der Waals surface area contributed by atoms with E-state index < -0.39 is 0 Å². The van der Waals surface area contributed by atoms with Gasteiger partial charge in [-0.05, 0) is 30.5 Å². The fourth-order valence-corrected chi connectivity index (χ4v) is 2.50. The lowest BCUT2D eigenvalue weighted by atomic mass is 9.83. The van der Waals surface area contributed by atoms with Crippen LogP contribution in [0.3, 0.4) is 0 Å². The molecule has 0 aliphatic heterocycles. The quantitative estimate of drug-likeness (QED) is 0.787. The van der Waals surface area contributed by atoms with E-state index in [1.54, 1.807) is 7.11 Å². The van der Waals surface area contributed by atoms with Crippen LogP contribution in [0.15, 0.2) is 18.2 Å². The van der Waals surface area contributed by atoms with Crippen molar-refractivity contribution < 1.29 is 9.53 Å². The number of benzene rings is 1. The highest BCUT2D eigenvalue weighted by Gasteiger charge is 2.24. The molecule has 0 heterocycles. The van der Waals surface area contributed by atoms with Gasteiger partial charge in [0.05, 0.1) is 12.1 Å². The number of carbonyl (C=O) groups excluding carboxylic acids is 1. The van der Waals surface area contributed by atoms with Crippen molar-refractivity contribution in [2.45, 2.75) is 31.6 Å². The lowest BCUT2D eigenvalue weighted by molar-refractivity contribution is -0.121. The molecule has 0 spiro atoms. The monoisotopic (exact) mass is 238 g/mol. The van der Waals surface area contributed by atoms with Crippen LogP contribution in [0.5, 0.6) is 5.75 Å². The van der Waals surface area contributed by atoms with E-state index in [-0.39, 0.29) is 5.92 Å². The molecule has 1 unspecified atom stereocenters. The molecule has 0 saturated heterocycles. The summed E-state index contributed by atoms with van der Waals surface area (Å²) in [5.74, 6) is 1.04. The summed E-state index contributed by atoms with van der Waals surface area (Å²) in [6.45, 7) is 0. The average Bonchev–Trinajstić information content (AvgIpc) is 2.29. The van der Waals surface area contributed by atoms with Gasteiger partial charge in [0.15, 0.2) is 0 Å². The van der Waals surface area contributed by atoms with Crippen molar-refractivity contribution in [2.75, 3.05) is 7.11 Å². The fraction of sp³-hybridized carbons (Fsp3) is 0.462. The van der Waals surface area contributed by atoms with Crippen LogP contribution >= 0.6 is 11.6 Å². The van der Waals surface area contributed by atoms with E-state index in [4.69, 9.17) is 16.3 Å². The Hall–Kier alpha value is -1.02. The molecule has 1 fully saturated rings. The van der Waals surface area contributed by atoms with Crippen molar-refractivity contribution in [3.8, 4) is 5.75 Å². The van der Waals surface area contributed by atoms with Crippen LogP contribution in [0.2, 0.25) is 5.02 Å². The molecule has 0 radical (unpaired) electrons. The van der Waals surface area contributed by atoms with E-state index in [0.29, 0.717) is 23.0 Å². The topological polar surface area (TPSA) is 26.3 Å². The summed E-state index contributed by atoms with van der Waals surface area (Å²) in [6.07, 6.45) is 3.80. The molecule has 0 bridgehead atoms. The van der Waals surface area contributed by atoms with Gasteiger partial charge in [0.2, 0.25) is 0 Å². The van der Waals surface area contributed by atoms with Gasteiger partial charge in [-0.15, -0.1) is 0 Å². The highest BCUT2D eigenvalue weighted by Crippen LogP contribution is 2.34. The van der Waals surface area contributed by atoms with Crippen LogP contribution in [-0.4, -0.2) is 12.9 Å². The van der Waals surface area contributed by atoms with Crippen molar-refractivity contribution in [2.24, 2.45) is 0 Å². The third-order valence-electron chi connectivity index (χ3n) is 3.13. The Morgan fingerprint density at radius 1 is 1.38 bits per heavy atom. The maximum atomic E-state index is 11.8. The molecule has 1 saturated carbocycles. The van der Waals surface area contributed by atoms with Crippen LogP contribution in [0.25, 0.3) is 0 Å². The van der Waals surface area contributed by atoms with Crippen molar-refractivity contribution in [1.82, 2.24) is 0 Å². The number of ether oxygens (including phenoxy) is 1. The van der Waals surface area contributed by atoms with Gasteiger partial charge in [-0.25, -0.2) is 0 Å². The molecule has 86 valence electrons. The molecule has 0 aromatic heterocycles. The van der Waals surface area contributed by atoms with Gasteiger partial charge >= 0.3 is 0 Å². The SMILES string of the molecule is COc1ccc(C2CCCCC2=O)cc1Cl. The molecular weight excluding hydrogens is 224 g/mol. The molecule has 3 heteroatoms. The zero-order chi connectivity index (χ0) is 11.5. The lowest BCUT2D eigenvalue weighted by Gasteiger charge is -2.21. The Morgan fingerprint density at radius 2 is 2.19 bits per heavy atom. The van der Waals surface area contributed by atoms with Gasteiger partial charge in [0, 0.05) is 12.3 Å². The highest BCUT2D eigenvalue weighted by atomic mass is 35.5. The standard InChI is InChI=1S/C13H15ClO2/c1-16-13-7-6-9(8-11(13)14)10-4-2-3-5-12(10)15/h6-8,10H,2-5H2,1H3. The van der Waals surface area contributed by atoms with Crippen LogP contribution in [-0.2, 0) is 4.79 Å². The van der Waals surface area contributed by atoms with Crippen molar-refractivity contribution in [3.63, 3.8) is 0 Å². The second-order valence-corrected chi connectivity index (χ2v) is 4.57. The maximum Gasteiger partial charge on any atom is 0.140 e. The average molecular weight is 239 g/mol. The summed E-state index contributed by atoms with van der Waals surface area (Å²) in [5, 5.41) is 0.582. The molecule has 1 atom stereocenters. The summed E-state index contributed by atoms with van der Waals surface area (Å²) in [5.41, 5.74) is 1.02. The number of hydrogen-bond donors (Lipinski definition) is 0. The predicted molar refractivity (Wildman–Crippen MR) is 64.2 cm³/mol. The van der Waals surface area contributed by atoms with Crippen LogP contribution < -0.4 is 4.74 Å². The molecular formula is C13H15ClO2. The first-order chi connectivity index (χ1) is 7.72. The van der Waals surface area contributed by atoms with Crippen LogP contribution in [0.1, 0.15) is 37.2 Å². The number of rotatable bonds is 2. The predicted octanol–water partition coefficient (Wildman–Crippen LogP) is 3.58. The number of ketones is 1. The van der Waals surface area contributed by atoms with Gasteiger partial charge in [0.1, 0.15) is 11.5 Å². The van der Waals surface area contributed by atoms with Gasteiger partial charge in [0.25, 0.3) is 0 Å². The minimum absolute atomic E-state index is 0.0390. The minimum Gasteiger partial charge on any atom is -0.495 e. The highest BCUT2D eigenvalue weighted by molar-refractivity contribution is 6.32. The van der Waals surface area contributed by atoms with Gasteiger partial charge in [-0.3, -0.25) is 4.79 Å². The minimum atomic E-state index is 0.0390. The van der Waals surface area contributed by atoms with E-state index in [9.17, 15) is 4.79 Å². The molecule has 2 nitrogen and oxygen atoms in total. The molecule has 2 rings (SSSR count). The lowest BCUT2D eigenvalue weighted by Crippen LogP contribution is -2.16. The first-order valence-corrected chi connectivity index (χ1v) is 5.96.